The number of nitrogens with one attached hydrogen (secondary N) is 2. The fraction of sp³-hybridized carbons (Fsp3) is 0.0476. The Balaban J connectivity index is 1.47. The minimum absolute atomic E-state index is 0.0683. The predicted octanol–water partition coefficient (Wildman–Crippen LogP) is 5.77. The molecule has 4 aromatic rings. The molecule has 0 radical (unpaired) electrons. The number of ether oxygens (including phenoxy) is 1. The molecule has 0 fully saturated rings. The van der Waals surface area contributed by atoms with Crippen molar-refractivity contribution in [3.8, 4) is 22.9 Å². The van der Waals surface area contributed by atoms with Crippen molar-refractivity contribution in [2.24, 2.45) is 0 Å². The second-order valence-electron chi connectivity index (χ2n) is 6.63. The van der Waals surface area contributed by atoms with E-state index < -0.39 is 22.7 Å². The van der Waals surface area contributed by atoms with E-state index in [1.807, 2.05) is 0 Å². The van der Waals surface area contributed by atoms with Crippen molar-refractivity contribution in [3.05, 3.63) is 77.1 Å². The van der Waals surface area contributed by atoms with Gasteiger partial charge in [-0.3, -0.25) is 5.10 Å². The summed E-state index contributed by atoms with van der Waals surface area (Å²) >= 11 is 5.63. The van der Waals surface area contributed by atoms with Gasteiger partial charge >= 0.3 is 12.1 Å². The summed E-state index contributed by atoms with van der Waals surface area (Å²) in [5, 5.41) is 18.0. The molecule has 4 rings (SSSR count). The van der Waals surface area contributed by atoms with Crippen LogP contribution in [0.15, 0.2) is 60.8 Å². The maximum absolute atomic E-state index is 13.0. The van der Waals surface area contributed by atoms with E-state index in [0.29, 0.717) is 22.9 Å². The first-order valence-electron chi connectivity index (χ1n) is 9.23. The number of halogens is 4. The van der Waals surface area contributed by atoms with Gasteiger partial charge in [-0.1, -0.05) is 11.6 Å². The number of rotatable bonds is 6. The molecular weight excluding hydrogens is 463 g/mol. The molecule has 0 atom stereocenters. The Bertz CT molecular complexity index is 1310. The Morgan fingerprint density at radius 1 is 1.06 bits per heavy atom. The van der Waals surface area contributed by atoms with Crippen LogP contribution in [0.3, 0.4) is 0 Å². The van der Waals surface area contributed by atoms with Gasteiger partial charge in [-0.25, -0.2) is 9.78 Å². The van der Waals surface area contributed by atoms with Gasteiger partial charge in [-0.05, 0) is 48.5 Å². The molecule has 8 nitrogen and oxygen atoms in total. The van der Waals surface area contributed by atoms with E-state index in [1.54, 1.807) is 24.3 Å². The van der Waals surface area contributed by atoms with E-state index in [4.69, 9.17) is 21.4 Å². The molecule has 0 spiro atoms. The Labute approximate surface area is 189 Å². The number of carboxylic acid groups (broad SMARTS) is 1. The zero-order valence-corrected chi connectivity index (χ0v) is 17.1. The lowest BCUT2D eigenvalue weighted by molar-refractivity contribution is -0.137. The van der Waals surface area contributed by atoms with Crippen molar-refractivity contribution < 1.29 is 27.8 Å². The molecule has 0 amide bonds. The van der Waals surface area contributed by atoms with Gasteiger partial charge in [0, 0.05) is 23.5 Å². The topological polar surface area (TPSA) is 113 Å². The average Bonchev–Trinajstić information content (AvgIpc) is 3.23. The highest BCUT2D eigenvalue weighted by Crippen LogP contribution is 2.36. The Hall–Kier alpha value is -4.12. The summed E-state index contributed by atoms with van der Waals surface area (Å²) in [6, 6.07) is 12.9. The molecule has 0 saturated heterocycles. The van der Waals surface area contributed by atoms with Crippen LogP contribution in [0.2, 0.25) is 5.02 Å². The van der Waals surface area contributed by atoms with Gasteiger partial charge in [0.15, 0.2) is 11.5 Å². The normalized spacial score (nSPS) is 11.3. The van der Waals surface area contributed by atoms with E-state index in [0.717, 1.165) is 12.1 Å². The summed E-state index contributed by atoms with van der Waals surface area (Å²) in [6.45, 7) is 0. The number of aromatic nitrogens is 4. The lowest BCUT2D eigenvalue weighted by Crippen LogP contribution is -2.06. The van der Waals surface area contributed by atoms with Crippen LogP contribution in [0, 0.1) is 0 Å². The van der Waals surface area contributed by atoms with Crippen molar-refractivity contribution in [3.63, 3.8) is 0 Å². The quantitative estimate of drug-likeness (QED) is 0.324. The smallest absolute Gasteiger partial charge is 0.417 e. The third-order valence-corrected chi connectivity index (χ3v) is 4.66. The largest absolute Gasteiger partial charge is 0.477 e. The maximum atomic E-state index is 13.0. The van der Waals surface area contributed by atoms with E-state index in [2.05, 4.69) is 25.5 Å². The first kappa shape index (κ1) is 22.1. The van der Waals surface area contributed by atoms with Gasteiger partial charge < -0.3 is 15.2 Å². The third-order valence-electron chi connectivity index (χ3n) is 4.33. The van der Waals surface area contributed by atoms with E-state index in [-0.39, 0.29) is 17.3 Å². The first-order valence-corrected chi connectivity index (χ1v) is 9.60. The van der Waals surface area contributed by atoms with Gasteiger partial charge in [0.05, 0.1) is 10.6 Å². The van der Waals surface area contributed by atoms with E-state index in [9.17, 15) is 18.0 Å². The van der Waals surface area contributed by atoms with Crippen molar-refractivity contribution in [1.82, 2.24) is 20.2 Å². The second-order valence-corrected chi connectivity index (χ2v) is 7.04. The number of hydrogen-bond acceptors (Lipinski definition) is 6. The summed E-state index contributed by atoms with van der Waals surface area (Å²) in [6.07, 6.45) is -3.26. The van der Waals surface area contributed by atoms with Crippen LogP contribution in [0.4, 0.5) is 24.8 Å². The van der Waals surface area contributed by atoms with Crippen LogP contribution in [0.1, 0.15) is 16.1 Å². The second kappa shape index (κ2) is 8.79. The number of aromatic amines is 1. The van der Waals surface area contributed by atoms with Crippen molar-refractivity contribution in [2.45, 2.75) is 6.18 Å². The summed E-state index contributed by atoms with van der Waals surface area (Å²) in [5.41, 5.74) is -0.353. The number of carboxylic acids is 1. The average molecular weight is 476 g/mol. The summed E-state index contributed by atoms with van der Waals surface area (Å²) < 4.78 is 44.7. The molecule has 0 aliphatic heterocycles. The standard InChI is InChI=1S/C21H13ClF3N5O3/c22-16-6-3-12(9-15(16)21(23,24)25)27-20-28-18(29-30-20)11-1-4-13(5-2-11)33-14-7-8-26-17(10-14)19(31)32/h1-10H,(H,31,32)(H2,27,28,29,30). The van der Waals surface area contributed by atoms with Gasteiger partial charge in [0.25, 0.3) is 0 Å². The van der Waals surface area contributed by atoms with Gasteiger partial charge in [0.1, 0.15) is 11.5 Å². The SMILES string of the molecule is O=C(O)c1cc(Oc2ccc(-c3nc(Nc4ccc(Cl)c(C(F)(F)F)c4)n[nH]3)cc2)ccn1. The highest BCUT2D eigenvalue weighted by atomic mass is 35.5. The minimum atomic E-state index is -4.59. The number of benzene rings is 2. The number of alkyl halides is 3. The monoisotopic (exact) mass is 475 g/mol. The molecule has 33 heavy (non-hydrogen) atoms. The molecule has 168 valence electrons. The lowest BCUT2D eigenvalue weighted by Gasteiger charge is -2.10. The number of anilines is 2. The third kappa shape index (κ3) is 5.21. The summed E-state index contributed by atoms with van der Waals surface area (Å²) in [7, 11) is 0. The molecule has 0 unspecified atom stereocenters. The molecule has 0 saturated carbocycles. The van der Waals surface area contributed by atoms with Crippen LogP contribution >= 0.6 is 11.6 Å². The molecule has 2 heterocycles. The highest BCUT2D eigenvalue weighted by molar-refractivity contribution is 6.31. The zero-order valence-electron chi connectivity index (χ0n) is 16.4. The minimum Gasteiger partial charge on any atom is -0.477 e. The fourth-order valence-corrected chi connectivity index (χ4v) is 3.03. The number of nitrogens with zero attached hydrogens (tertiary/aromatic N) is 3. The number of H-pyrrole nitrogens is 1. The molecule has 12 heteroatoms. The van der Waals surface area contributed by atoms with Crippen molar-refractivity contribution >= 4 is 29.2 Å². The summed E-state index contributed by atoms with van der Waals surface area (Å²) in [5.74, 6) is 0.0196. The molecule has 0 aliphatic rings. The van der Waals surface area contributed by atoms with E-state index in [1.165, 1.54) is 24.4 Å². The summed E-state index contributed by atoms with van der Waals surface area (Å²) in [4.78, 5) is 19.0. The van der Waals surface area contributed by atoms with Crippen molar-refractivity contribution in [1.29, 1.82) is 0 Å². The molecule has 2 aromatic carbocycles. The Morgan fingerprint density at radius 3 is 2.52 bits per heavy atom. The maximum Gasteiger partial charge on any atom is 0.417 e. The Kier molecular flexibility index (Phi) is 5.88. The van der Waals surface area contributed by atoms with Crippen LogP contribution in [0.25, 0.3) is 11.4 Å². The number of carbonyl (C=O) groups is 1. The molecule has 2 aromatic heterocycles. The fourth-order valence-electron chi connectivity index (χ4n) is 2.80. The van der Waals surface area contributed by atoms with Gasteiger partial charge in [-0.2, -0.15) is 18.2 Å². The van der Waals surface area contributed by atoms with Crippen molar-refractivity contribution in [2.75, 3.05) is 5.32 Å². The zero-order chi connectivity index (χ0) is 23.6. The van der Waals surface area contributed by atoms with Crippen LogP contribution in [-0.2, 0) is 6.18 Å². The Morgan fingerprint density at radius 2 is 1.82 bits per heavy atom. The van der Waals surface area contributed by atoms with E-state index >= 15 is 0 Å². The molecule has 0 aliphatic carbocycles. The number of pyridine rings is 1. The number of hydrogen-bond donors (Lipinski definition) is 3. The van der Waals surface area contributed by atoms with Crippen LogP contribution in [-0.4, -0.2) is 31.2 Å². The van der Waals surface area contributed by atoms with Gasteiger partial charge in [-0.15, -0.1) is 5.10 Å². The van der Waals surface area contributed by atoms with Crippen LogP contribution in [0.5, 0.6) is 11.5 Å². The molecule has 3 N–H and O–H groups in total. The lowest BCUT2D eigenvalue weighted by atomic mass is 10.2. The molecular formula is C21H13ClF3N5O3. The van der Waals surface area contributed by atoms with Gasteiger partial charge in [0.2, 0.25) is 5.95 Å². The number of aromatic carboxylic acids is 1. The predicted molar refractivity (Wildman–Crippen MR) is 113 cm³/mol. The highest BCUT2D eigenvalue weighted by Gasteiger charge is 2.33. The first-order chi connectivity index (χ1) is 15.7. The molecule has 0 bridgehead atoms. The van der Waals surface area contributed by atoms with Crippen LogP contribution < -0.4 is 10.1 Å².